The zero-order chi connectivity index (χ0) is 15.3. The quantitative estimate of drug-likeness (QED) is 0.827. The van der Waals surface area contributed by atoms with E-state index >= 15 is 0 Å². The van der Waals surface area contributed by atoms with Crippen LogP contribution >= 0.6 is 0 Å². The summed E-state index contributed by atoms with van der Waals surface area (Å²) in [4.78, 5) is 4.07. The van der Waals surface area contributed by atoms with E-state index in [-0.39, 0.29) is 17.6 Å². The predicted octanol–water partition coefficient (Wildman–Crippen LogP) is 1.30. The van der Waals surface area contributed by atoms with E-state index in [2.05, 4.69) is 10.3 Å². The third-order valence-electron chi connectivity index (χ3n) is 3.66. The Bertz CT molecular complexity index is 562. The number of pyridine rings is 1. The van der Waals surface area contributed by atoms with Gasteiger partial charge in [-0.2, -0.15) is 4.31 Å². The number of hydrogen-bond donors (Lipinski definition) is 2. The maximum atomic E-state index is 12.8. The lowest BCUT2D eigenvalue weighted by molar-refractivity contribution is 0.165. The Kier molecular flexibility index (Phi) is 5.55. The van der Waals surface area contributed by atoms with E-state index in [9.17, 15) is 13.5 Å². The minimum Gasteiger partial charge on any atom is -0.396 e. The molecule has 1 aliphatic rings. The van der Waals surface area contributed by atoms with E-state index in [1.165, 1.54) is 10.5 Å². The Hall–Kier alpha value is -1.18. The van der Waals surface area contributed by atoms with Gasteiger partial charge in [-0.05, 0) is 37.3 Å². The van der Waals surface area contributed by atoms with Gasteiger partial charge in [0, 0.05) is 32.4 Å². The fraction of sp³-hybridized carbons (Fsp3) is 0.643. The highest BCUT2D eigenvalue weighted by Gasteiger charge is 2.32. The van der Waals surface area contributed by atoms with Crippen LogP contribution in [0.15, 0.2) is 23.4 Å². The van der Waals surface area contributed by atoms with Crippen LogP contribution in [0.25, 0.3) is 0 Å². The van der Waals surface area contributed by atoms with Crippen molar-refractivity contribution in [1.82, 2.24) is 9.29 Å². The normalized spacial score (nSPS) is 20.4. The van der Waals surface area contributed by atoms with Crippen LogP contribution in [0, 0.1) is 5.92 Å². The second-order valence-corrected chi connectivity index (χ2v) is 7.19. The van der Waals surface area contributed by atoms with Crippen molar-refractivity contribution in [2.75, 3.05) is 31.6 Å². The Morgan fingerprint density at radius 1 is 1.52 bits per heavy atom. The van der Waals surface area contributed by atoms with E-state index in [0.29, 0.717) is 25.3 Å². The molecule has 2 rings (SSSR count). The summed E-state index contributed by atoms with van der Waals surface area (Å²) >= 11 is 0. The smallest absolute Gasteiger partial charge is 0.262 e. The number of aliphatic hydroxyl groups is 1. The number of nitrogens with zero attached hydrogens (tertiary/aromatic N) is 2. The number of hydrogen-bond acceptors (Lipinski definition) is 5. The molecule has 0 amide bonds. The fourth-order valence-corrected chi connectivity index (χ4v) is 4.14. The molecule has 0 aromatic carbocycles. The van der Waals surface area contributed by atoms with Crippen molar-refractivity contribution in [1.29, 1.82) is 0 Å². The summed E-state index contributed by atoms with van der Waals surface area (Å²) < 4.78 is 27.0. The molecule has 1 fully saturated rings. The van der Waals surface area contributed by atoms with E-state index in [1.54, 1.807) is 12.1 Å². The number of rotatable bonds is 6. The van der Waals surface area contributed by atoms with Crippen molar-refractivity contribution < 1.29 is 13.5 Å². The van der Waals surface area contributed by atoms with Gasteiger partial charge in [0.1, 0.15) is 0 Å². The molecule has 1 atom stereocenters. The summed E-state index contributed by atoms with van der Waals surface area (Å²) in [5.74, 6) is 0.0179. The molecular formula is C14H23N3O3S. The van der Waals surface area contributed by atoms with Gasteiger partial charge in [0.15, 0.2) is 5.03 Å². The summed E-state index contributed by atoms with van der Waals surface area (Å²) in [6.45, 7) is 3.60. The van der Waals surface area contributed by atoms with Crippen molar-refractivity contribution >= 4 is 15.7 Å². The molecule has 7 heteroatoms. The Labute approximate surface area is 126 Å². The number of aliphatic hydroxyl groups excluding tert-OH is 1. The third kappa shape index (κ3) is 3.72. The van der Waals surface area contributed by atoms with Crippen LogP contribution in [0.5, 0.6) is 0 Å². The fourth-order valence-electron chi connectivity index (χ4n) is 2.51. The van der Waals surface area contributed by atoms with Gasteiger partial charge in [-0.25, -0.2) is 13.4 Å². The lowest BCUT2D eigenvalue weighted by Crippen LogP contribution is -2.41. The highest BCUT2D eigenvalue weighted by molar-refractivity contribution is 7.89. The number of aromatic nitrogens is 1. The van der Waals surface area contributed by atoms with Gasteiger partial charge in [0.25, 0.3) is 10.0 Å². The molecule has 21 heavy (non-hydrogen) atoms. The van der Waals surface area contributed by atoms with Gasteiger partial charge in [-0.3, -0.25) is 0 Å². The molecule has 0 bridgehead atoms. The van der Waals surface area contributed by atoms with Crippen LogP contribution in [-0.4, -0.2) is 49.1 Å². The molecule has 1 aromatic heterocycles. The Balaban J connectivity index is 2.26. The van der Waals surface area contributed by atoms with Crippen LogP contribution in [0.1, 0.15) is 26.2 Å². The average Bonchev–Trinajstić information content (AvgIpc) is 2.53. The number of nitrogens with one attached hydrogen (secondary N) is 1. The van der Waals surface area contributed by atoms with Gasteiger partial charge < -0.3 is 10.4 Å². The first kappa shape index (κ1) is 16.2. The van der Waals surface area contributed by atoms with Gasteiger partial charge in [0.05, 0.1) is 5.69 Å². The third-order valence-corrected chi connectivity index (χ3v) is 5.49. The molecule has 0 radical (unpaired) electrons. The molecule has 1 saturated heterocycles. The molecule has 1 unspecified atom stereocenters. The van der Waals surface area contributed by atoms with Gasteiger partial charge >= 0.3 is 0 Å². The van der Waals surface area contributed by atoms with Gasteiger partial charge in [-0.1, -0.05) is 6.92 Å². The van der Waals surface area contributed by atoms with Crippen LogP contribution in [0.3, 0.4) is 0 Å². The minimum atomic E-state index is -3.62. The molecule has 1 aromatic rings. The SMILES string of the molecule is CCCNc1cccnc1S(=O)(=O)N1CCCC(CO)C1. The second-order valence-electron chi connectivity index (χ2n) is 5.34. The molecule has 6 nitrogen and oxygen atoms in total. The summed E-state index contributed by atoms with van der Waals surface area (Å²) in [6, 6.07) is 3.47. The van der Waals surface area contributed by atoms with Crippen LogP contribution in [0.2, 0.25) is 0 Å². The number of sulfonamides is 1. The topological polar surface area (TPSA) is 82.5 Å². The van der Waals surface area contributed by atoms with E-state index in [4.69, 9.17) is 0 Å². The Morgan fingerprint density at radius 3 is 3.05 bits per heavy atom. The van der Waals surface area contributed by atoms with E-state index in [1.807, 2.05) is 6.92 Å². The maximum absolute atomic E-state index is 12.8. The molecule has 2 N–H and O–H groups in total. The van der Waals surface area contributed by atoms with Crippen LogP contribution < -0.4 is 5.32 Å². The van der Waals surface area contributed by atoms with Crippen LogP contribution in [-0.2, 0) is 10.0 Å². The average molecular weight is 313 g/mol. The molecule has 1 aliphatic heterocycles. The number of piperidine rings is 1. The predicted molar refractivity (Wildman–Crippen MR) is 81.6 cm³/mol. The van der Waals surface area contributed by atoms with Crippen molar-refractivity contribution in [3.05, 3.63) is 18.3 Å². The van der Waals surface area contributed by atoms with Crippen molar-refractivity contribution in [3.8, 4) is 0 Å². The first-order valence-corrected chi connectivity index (χ1v) is 8.83. The Morgan fingerprint density at radius 2 is 2.33 bits per heavy atom. The molecule has 118 valence electrons. The molecule has 0 spiro atoms. The lowest BCUT2D eigenvalue weighted by atomic mass is 10.0. The zero-order valence-electron chi connectivity index (χ0n) is 12.3. The second kappa shape index (κ2) is 7.20. The molecule has 0 saturated carbocycles. The van der Waals surface area contributed by atoms with Gasteiger partial charge in [0.2, 0.25) is 0 Å². The largest absolute Gasteiger partial charge is 0.396 e. The monoisotopic (exact) mass is 313 g/mol. The molecular weight excluding hydrogens is 290 g/mol. The van der Waals surface area contributed by atoms with Crippen molar-refractivity contribution in [2.45, 2.75) is 31.2 Å². The first-order chi connectivity index (χ1) is 10.1. The van der Waals surface area contributed by atoms with E-state index < -0.39 is 10.0 Å². The highest BCUT2D eigenvalue weighted by Crippen LogP contribution is 2.26. The molecule has 0 aliphatic carbocycles. The highest BCUT2D eigenvalue weighted by atomic mass is 32.2. The first-order valence-electron chi connectivity index (χ1n) is 7.39. The van der Waals surface area contributed by atoms with Crippen molar-refractivity contribution in [2.24, 2.45) is 5.92 Å². The van der Waals surface area contributed by atoms with E-state index in [0.717, 1.165) is 19.3 Å². The zero-order valence-corrected chi connectivity index (χ0v) is 13.1. The van der Waals surface area contributed by atoms with Crippen LogP contribution in [0.4, 0.5) is 5.69 Å². The molecule has 2 heterocycles. The lowest BCUT2D eigenvalue weighted by Gasteiger charge is -2.31. The maximum Gasteiger partial charge on any atom is 0.262 e. The van der Waals surface area contributed by atoms with Crippen molar-refractivity contribution in [3.63, 3.8) is 0 Å². The van der Waals surface area contributed by atoms with Gasteiger partial charge in [-0.15, -0.1) is 0 Å². The summed E-state index contributed by atoms with van der Waals surface area (Å²) in [5, 5.41) is 12.5. The minimum absolute atomic E-state index is 0.0179. The summed E-state index contributed by atoms with van der Waals surface area (Å²) in [6.07, 6.45) is 4.04. The summed E-state index contributed by atoms with van der Waals surface area (Å²) in [5.41, 5.74) is 0.547. The standard InChI is InChI=1S/C14H23N3O3S/c1-2-7-15-13-6-3-8-16-14(13)21(19,20)17-9-4-5-12(10-17)11-18/h3,6,8,12,15,18H,2,4-5,7,9-11H2,1H3. The summed E-state index contributed by atoms with van der Waals surface area (Å²) in [7, 11) is -3.62. The number of anilines is 1.